The summed E-state index contributed by atoms with van der Waals surface area (Å²) in [7, 11) is -3.94. The molecular weight excluding hydrogens is 336 g/mol. The van der Waals surface area contributed by atoms with Gasteiger partial charge >= 0.3 is 0 Å². The van der Waals surface area contributed by atoms with Crippen LogP contribution in [0.4, 0.5) is 0 Å². The highest BCUT2D eigenvalue weighted by Crippen LogP contribution is 2.49. The average molecular weight is 358 g/mol. The number of hydrogen-bond donors (Lipinski definition) is 0. The number of benzene rings is 2. The fraction of sp³-hybridized carbons (Fsp3) is 0.350. The fourth-order valence-electron chi connectivity index (χ4n) is 3.06. The smallest absolute Gasteiger partial charge is 0.263 e. The van der Waals surface area contributed by atoms with Gasteiger partial charge in [0.2, 0.25) is 15.6 Å². The Balaban J connectivity index is 2.04. The van der Waals surface area contributed by atoms with Gasteiger partial charge in [-0.2, -0.15) is 0 Å². The van der Waals surface area contributed by atoms with Gasteiger partial charge in [-0.15, -0.1) is 0 Å². The summed E-state index contributed by atoms with van der Waals surface area (Å²) >= 11 is 0. The van der Waals surface area contributed by atoms with Gasteiger partial charge in [0, 0.05) is 5.56 Å². The van der Waals surface area contributed by atoms with Gasteiger partial charge in [0.25, 0.3) is 4.93 Å². The molecule has 1 aliphatic heterocycles. The number of rotatable bonds is 7. The van der Waals surface area contributed by atoms with Crippen molar-refractivity contribution in [2.24, 2.45) is 0 Å². The largest absolute Gasteiger partial charge is 0.342 e. The number of epoxide rings is 1. The molecule has 0 unspecified atom stereocenters. The summed E-state index contributed by atoms with van der Waals surface area (Å²) in [6, 6.07) is 15.1. The van der Waals surface area contributed by atoms with E-state index in [2.05, 4.69) is 0 Å². The van der Waals surface area contributed by atoms with Gasteiger partial charge in [-0.1, -0.05) is 67.8 Å². The van der Waals surface area contributed by atoms with Crippen LogP contribution in [0.15, 0.2) is 59.5 Å². The van der Waals surface area contributed by atoms with E-state index in [0.717, 1.165) is 18.4 Å². The van der Waals surface area contributed by atoms with Crippen LogP contribution in [0.1, 0.15) is 42.1 Å². The highest BCUT2D eigenvalue weighted by atomic mass is 32.2. The van der Waals surface area contributed by atoms with Crippen molar-refractivity contribution in [2.45, 2.75) is 49.0 Å². The summed E-state index contributed by atoms with van der Waals surface area (Å²) in [5, 5.41) is 0. The lowest BCUT2D eigenvalue weighted by Gasteiger charge is -2.14. The van der Waals surface area contributed by atoms with E-state index in [9.17, 15) is 13.2 Å². The molecule has 1 saturated heterocycles. The number of sulfone groups is 1. The van der Waals surface area contributed by atoms with E-state index < -0.39 is 26.7 Å². The number of carbonyl (C=O) groups excluding carboxylic acids is 1. The predicted molar refractivity (Wildman–Crippen MR) is 96.3 cm³/mol. The van der Waals surface area contributed by atoms with Crippen LogP contribution in [0.5, 0.6) is 0 Å². The molecule has 0 aromatic heterocycles. The molecule has 0 bridgehead atoms. The highest BCUT2D eigenvalue weighted by molar-refractivity contribution is 7.93. The van der Waals surface area contributed by atoms with Gasteiger partial charge in [-0.25, -0.2) is 8.42 Å². The Morgan fingerprint density at radius 3 is 2.32 bits per heavy atom. The van der Waals surface area contributed by atoms with E-state index in [1.807, 2.05) is 13.8 Å². The molecule has 1 aliphatic rings. The van der Waals surface area contributed by atoms with Crippen molar-refractivity contribution in [1.29, 1.82) is 0 Å². The number of carbonyl (C=O) groups is 1. The maximum Gasteiger partial charge on any atom is 0.263 e. The van der Waals surface area contributed by atoms with E-state index in [-0.39, 0.29) is 4.90 Å². The van der Waals surface area contributed by atoms with E-state index in [4.69, 9.17) is 4.74 Å². The monoisotopic (exact) mass is 358 g/mol. The zero-order valence-electron chi connectivity index (χ0n) is 14.4. The molecule has 25 heavy (non-hydrogen) atoms. The first kappa shape index (κ1) is 17.8. The lowest BCUT2D eigenvalue weighted by atomic mass is 10.0. The van der Waals surface area contributed by atoms with Gasteiger partial charge in [-0.3, -0.25) is 4.79 Å². The Bertz CT molecular complexity index is 856. The molecule has 0 amide bonds. The maximum atomic E-state index is 13.3. The van der Waals surface area contributed by atoms with Crippen molar-refractivity contribution in [3.05, 3.63) is 65.7 Å². The van der Waals surface area contributed by atoms with Crippen molar-refractivity contribution in [3.8, 4) is 0 Å². The van der Waals surface area contributed by atoms with Crippen molar-refractivity contribution in [2.75, 3.05) is 0 Å². The molecule has 2 aromatic rings. The minimum atomic E-state index is -3.94. The second-order valence-corrected chi connectivity index (χ2v) is 8.51. The first-order valence-corrected chi connectivity index (χ1v) is 10.0. The quantitative estimate of drug-likeness (QED) is 0.555. The van der Waals surface area contributed by atoms with E-state index >= 15 is 0 Å². The van der Waals surface area contributed by atoms with Gasteiger partial charge < -0.3 is 4.74 Å². The van der Waals surface area contributed by atoms with Gasteiger partial charge in [0.1, 0.15) is 6.10 Å². The Morgan fingerprint density at radius 1 is 1.08 bits per heavy atom. The molecule has 3 rings (SSSR count). The van der Waals surface area contributed by atoms with Crippen LogP contribution in [0.25, 0.3) is 0 Å². The highest BCUT2D eigenvalue weighted by Gasteiger charge is 2.71. The maximum absolute atomic E-state index is 13.3. The summed E-state index contributed by atoms with van der Waals surface area (Å²) in [5.41, 5.74) is 1.32. The first-order chi connectivity index (χ1) is 11.9. The summed E-state index contributed by atoms with van der Waals surface area (Å²) in [4.78, 5) is 11.4. The first-order valence-electron chi connectivity index (χ1n) is 8.52. The zero-order chi connectivity index (χ0) is 18.1. The molecule has 0 radical (unpaired) electrons. The number of ketones is 1. The van der Waals surface area contributed by atoms with Crippen LogP contribution in [0, 0.1) is 6.92 Å². The zero-order valence-corrected chi connectivity index (χ0v) is 15.3. The van der Waals surface area contributed by atoms with Crippen LogP contribution < -0.4 is 0 Å². The molecule has 0 spiro atoms. The van der Waals surface area contributed by atoms with E-state index in [1.165, 1.54) is 0 Å². The third kappa shape index (κ3) is 3.02. The molecule has 0 N–H and O–H groups in total. The second-order valence-electron chi connectivity index (χ2n) is 6.43. The molecule has 132 valence electrons. The van der Waals surface area contributed by atoms with Crippen molar-refractivity contribution < 1.29 is 17.9 Å². The van der Waals surface area contributed by atoms with Gasteiger partial charge in [0.15, 0.2) is 0 Å². The lowest BCUT2D eigenvalue weighted by molar-refractivity contribution is 0.0930. The molecule has 0 aliphatic carbocycles. The second kappa shape index (κ2) is 6.73. The summed E-state index contributed by atoms with van der Waals surface area (Å²) in [5.74, 6) is -0.477. The van der Waals surface area contributed by atoms with Crippen LogP contribution in [-0.2, 0) is 14.6 Å². The normalized spacial score (nSPS) is 22.6. The number of Topliss-reactive ketones (excluding diaryl/α,β-unsaturated/α-hetero) is 1. The standard InChI is InChI=1S/C20H22O4S/c1-3-4-10-18-20(24-18,19(21)16-8-6-5-7-9-16)25(22,23)17-13-11-15(2)12-14-17/h5-9,11-14,18H,3-4,10H2,1-2H3/t18-,20-/m0/s1. The minimum Gasteiger partial charge on any atom is -0.342 e. The Labute approximate surface area is 148 Å². The molecule has 0 saturated carbocycles. The van der Waals surface area contributed by atoms with Crippen LogP contribution in [-0.4, -0.2) is 25.2 Å². The van der Waals surface area contributed by atoms with Crippen molar-refractivity contribution in [3.63, 3.8) is 0 Å². The summed E-state index contributed by atoms with van der Waals surface area (Å²) in [6.45, 7) is 3.91. The molecule has 2 atom stereocenters. The van der Waals surface area contributed by atoms with E-state index in [1.54, 1.807) is 54.6 Å². The topological polar surface area (TPSA) is 63.7 Å². The minimum absolute atomic E-state index is 0.126. The van der Waals surface area contributed by atoms with Crippen LogP contribution >= 0.6 is 0 Å². The van der Waals surface area contributed by atoms with Gasteiger partial charge in [-0.05, 0) is 25.5 Å². The summed E-state index contributed by atoms with van der Waals surface area (Å²) in [6.07, 6.45) is 1.70. The Hall–Kier alpha value is -1.98. The van der Waals surface area contributed by atoms with Crippen LogP contribution in [0.2, 0.25) is 0 Å². The van der Waals surface area contributed by atoms with Gasteiger partial charge in [0.05, 0.1) is 4.90 Å². The van der Waals surface area contributed by atoms with E-state index in [0.29, 0.717) is 12.0 Å². The number of unbranched alkanes of at least 4 members (excludes halogenated alkanes) is 1. The van der Waals surface area contributed by atoms with Crippen molar-refractivity contribution >= 4 is 15.6 Å². The predicted octanol–water partition coefficient (Wildman–Crippen LogP) is 3.94. The number of hydrogen-bond acceptors (Lipinski definition) is 4. The molecule has 4 nitrogen and oxygen atoms in total. The third-order valence-corrected chi connectivity index (χ3v) is 6.82. The molecule has 1 fully saturated rings. The lowest BCUT2D eigenvalue weighted by Crippen LogP contribution is -2.37. The molecular formula is C20H22O4S. The number of aryl methyl sites for hydroxylation is 1. The number of ether oxygens (including phenoxy) is 1. The Kier molecular flexibility index (Phi) is 4.80. The third-order valence-electron chi connectivity index (χ3n) is 4.59. The Morgan fingerprint density at radius 2 is 1.72 bits per heavy atom. The molecule has 5 heteroatoms. The average Bonchev–Trinajstić information content (AvgIpc) is 3.36. The SMILES string of the molecule is CCCC[C@@H]1O[C@]1(C(=O)c1ccccc1)S(=O)(=O)c1ccc(C)cc1. The summed E-state index contributed by atoms with van der Waals surface area (Å²) < 4.78 is 32.2. The fourth-order valence-corrected chi connectivity index (χ4v) is 4.97. The molecule has 2 aromatic carbocycles. The van der Waals surface area contributed by atoms with Crippen LogP contribution in [0.3, 0.4) is 0 Å². The van der Waals surface area contributed by atoms with Crippen molar-refractivity contribution in [1.82, 2.24) is 0 Å². The molecule has 1 heterocycles.